The van der Waals surface area contributed by atoms with E-state index in [1.165, 1.54) is 23.6 Å². The molecule has 2 N–H and O–H groups in total. The Morgan fingerprint density at radius 1 is 1.40 bits per heavy atom. The van der Waals surface area contributed by atoms with Crippen molar-refractivity contribution in [2.75, 3.05) is 4.90 Å². The van der Waals surface area contributed by atoms with E-state index in [2.05, 4.69) is 0 Å². The molecule has 0 saturated carbocycles. The molecular weight excluding hydrogens is 276 g/mol. The van der Waals surface area contributed by atoms with Crippen LogP contribution in [0.1, 0.15) is 31.1 Å². The number of nitrogens with zero attached hydrogens (tertiary/aromatic N) is 1. The van der Waals surface area contributed by atoms with E-state index in [1.807, 2.05) is 0 Å². The summed E-state index contributed by atoms with van der Waals surface area (Å²) in [4.78, 5) is 37.5. The van der Waals surface area contributed by atoms with Crippen LogP contribution in [0, 0.1) is 0 Å². The molecule has 2 rings (SSSR count). The van der Waals surface area contributed by atoms with Crippen LogP contribution in [0.3, 0.4) is 0 Å². The lowest BCUT2D eigenvalue weighted by atomic mass is 10.1. The SMILES string of the molecule is CC(=O)c1ccc2c(c1)N(C(C)C(N)=O)C(=O)C(C)S2. The second kappa shape index (κ2) is 5.28. The summed E-state index contributed by atoms with van der Waals surface area (Å²) in [6.07, 6.45) is 0. The van der Waals surface area contributed by atoms with E-state index in [0.717, 1.165) is 4.90 Å². The number of nitrogens with two attached hydrogens (primary N) is 1. The molecular formula is C14H16N2O3S. The summed E-state index contributed by atoms with van der Waals surface area (Å²) in [5, 5.41) is -0.285. The zero-order chi connectivity index (χ0) is 15.0. The summed E-state index contributed by atoms with van der Waals surface area (Å²) < 4.78 is 0. The molecule has 0 radical (unpaired) electrons. The van der Waals surface area contributed by atoms with Crippen LogP contribution in [-0.4, -0.2) is 28.9 Å². The van der Waals surface area contributed by atoms with Crippen molar-refractivity contribution in [3.63, 3.8) is 0 Å². The number of ketones is 1. The summed E-state index contributed by atoms with van der Waals surface area (Å²) in [5.41, 5.74) is 6.41. The fourth-order valence-electron chi connectivity index (χ4n) is 2.11. The number of carbonyl (C=O) groups is 3. The van der Waals surface area contributed by atoms with Crippen molar-refractivity contribution >= 4 is 35.0 Å². The number of Topliss-reactive ketones (excluding diaryl/α,β-unsaturated/α-hetero) is 1. The van der Waals surface area contributed by atoms with Gasteiger partial charge in [-0.05, 0) is 32.9 Å². The van der Waals surface area contributed by atoms with Gasteiger partial charge in [0.25, 0.3) is 0 Å². The molecule has 0 saturated heterocycles. The van der Waals surface area contributed by atoms with Crippen molar-refractivity contribution in [2.24, 2.45) is 5.73 Å². The average molecular weight is 292 g/mol. The first-order valence-electron chi connectivity index (χ1n) is 6.27. The highest BCUT2D eigenvalue weighted by Crippen LogP contribution is 2.40. The summed E-state index contributed by atoms with van der Waals surface area (Å²) in [5.74, 6) is -0.832. The maximum Gasteiger partial charge on any atom is 0.240 e. The van der Waals surface area contributed by atoms with Gasteiger partial charge in [-0.25, -0.2) is 0 Å². The van der Waals surface area contributed by atoms with Gasteiger partial charge in [-0.2, -0.15) is 0 Å². The molecule has 1 aliphatic rings. The maximum absolute atomic E-state index is 12.3. The van der Waals surface area contributed by atoms with Gasteiger partial charge in [0.05, 0.1) is 10.9 Å². The van der Waals surface area contributed by atoms with Crippen molar-refractivity contribution in [3.8, 4) is 0 Å². The second-order valence-corrected chi connectivity index (χ2v) is 6.17. The number of thioether (sulfide) groups is 1. The topological polar surface area (TPSA) is 80.5 Å². The van der Waals surface area contributed by atoms with E-state index in [-0.39, 0.29) is 16.9 Å². The van der Waals surface area contributed by atoms with Crippen LogP contribution in [0.5, 0.6) is 0 Å². The van der Waals surface area contributed by atoms with Gasteiger partial charge in [0, 0.05) is 10.5 Å². The van der Waals surface area contributed by atoms with E-state index >= 15 is 0 Å². The standard InChI is InChI=1S/C14H16N2O3S/c1-7(13(15)18)16-11-6-10(8(2)17)4-5-12(11)20-9(3)14(16)19/h4-7,9H,1-3H3,(H2,15,18). The van der Waals surface area contributed by atoms with Crippen molar-refractivity contribution in [1.82, 2.24) is 0 Å². The summed E-state index contributed by atoms with van der Waals surface area (Å²) in [6, 6.07) is 4.43. The third-order valence-corrected chi connectivity index (χ3v) is 4.47. The fourth-order valence-corrected chi connectivity index (χ4v) is 3.13. The van der Waals surface area contributed by atoms with E-state index in [1.54, 1.807) is 32.0 Å². The fraction of sp³-hybridized carbons (Fsp3) is 0.357. The van der Waals surface area contributed by atoms with Crippen molar-refractivity contribution in [2.45, 2.75) is 37.0 Å². The van der Waals surface area contributed by atoms with Crippen molar-refractivity contribution in [3.05, 3.63) is 23.8 Å². The molecule has 1 aromatic rings. The molecule has 0 aliphatic carbocycles. The van der Waals surface area contributed by atoms with Gasteiger partial charge in [-0.15, -0.1) is 11.8 Å². The molecule has 1 aliphatic heterocycles. The van der Waals surface area contributed by atoms with Gasteiger partial charge in [0.2, 0.25) is 11.8 Å². The van der Waals surface area contributed by atoms with E-state index in [0.29, 0.717) is 11.3 Å². The van der Waals surface area contributed by atoms with Gasteiger partial charge >= 0.3 is 0 Å². The molecule has 2 unspecified atom stereocenters. The van der Waals surface area contributed by atoms with Crippen LogP contribution >= 0.6 is 11.8 Å². The Balaban J connectivity index is 2.57. The molecule has 20 heavy (non-hydrogen) atoms. The Bertz CT molecular complexity index is 600. The lowest BCUT2D eigenvalue weighted by Crippen LogP contribution is -2.50. The third-order valence-electron chi connectivity index (χ3n) is 3.31. The number of carbonyl (C=O) groups excluding carboxylic acids is 3. The van der Waals surface area contributed by atoms with Crippen LogP contribution in [0.25, 0.3) is 0 Å². The van der Waals surface area contributed by atoms with Gasteiger partial charge in [-0.3, -0.25) is 19.3 Å². The lowest BCUT2D eigenvalue weighted by molar-refractivity contribution is -0.124. The predicted molar refractivity (Wildman–Crippen MR) is 77.9 cm³/mol. The van der Waals surface area contributed by atoms with E-state index in [4.69, 9.17) is 5.73 Å². The molecule has 2 amide bonds. The second-order valence-electron chi connectivity index (χ2n) is 4.79. The monoisotopic (exact) mass is 292 g/mol. The average Bonchev–Trinajstić information content (AvgIpc) is 2.38. The number of rotatable bonds is 3. The van der Waals surface area contributed by atoms with Gasteiger partial charge in [-0.1, -0.05) is 6.07 Å². The number of hydrogen-bond donors (Lipinski definition) is 1. The number of benzene rings is 1. The van der Waals surface area contributed by atoms with Gasteiger partial charge in [0.1, 0.15) is 6.04 Å². The molecule has 106 valence electrons. The number of amides is 2. The third kappa shape index (κ3) is 2.43. The van der Waals surface area contributed by atoms with Gasteiger partial charge < -0.3 is 5.73 Å². The zero-order valence-electron chi connectivity index (χ0n) is 11.5. The summed E-state index contributed by atoms with van der Waals surface area (Å²) in [7, 11) is 0. The molecule has 6 heteroatoms. The van der Waals surface area contributed by atoms with Crippen LogP contribution in [0.4, 0.5) is 5.69 Å². The minimum absolute atomic E-state index is 0.0875. The van der Waals surface area contributed by atoms with Crippen LogP contribution < -0.4 is 10.6 Å². The number of anilines is 1. The van der Waals surface area contributed by atoms with Crippen LogP contribution in [0.2, 0.25) is 0 Å². The van der Waals surface area contributed by atoms with E-state index in [9.17, 15) is 14.4 Å². The highest BCUT2D eigenvalue weighted by molar-refractivity contribution is 8.01. The molecule has 1 aromatic carbocycles. The highest BCUT2D eigenvalue weighted by Gasteiger charge is 2.35. The molecule has 5 nitrogen and oxygen atoms in total. The van der Waals surface area contributed by atoms with Gasteiger partial charge in [0.15, 0.2) is 5.78 Å². The number of hydrogen-bond acceptors (Lipinski definition) is 4. The Kier molecular flexibility index (Phi) is 3.85. The molecule has 0 fully saturated rings. The van der Waals surface area contributed by atoms with E-state index < -0.39 is 11.9 Å². The first-order chi connectivity index (χ1) is 9.32. The van der Waals surface area contributed by atoms with Crippen molar-refractivity contribution in [1.29, 1.82) is 0 Å². The first-order valence-corrected chi connectivity index (χ1v) is 7.15. The lowest BCUT2D eigenvalue weighted by Gasteiger charge is -2.35. The zero-order valence-corrected chi connectivity index (χ0v) is 12.4. The Hall–Kier alpha value is -1.82. The maximum atomic E-state index is 12.3. The Morgan fingerprint density at radius 3 is 2.60 bits per heavy atom. The Labute approximate surface area is 121 Å². The number of primary amides is 1. The normalized spacial score (nSPS) is 19.4. The first kappa shape index (κ1) is 14.6. The van der Waals surface area contributed by atoms with Crippen LogP contribution in [0.15, 0.2) is 23.1 Å². The minimum Gasteiger partial charge on any atom is -0.368 e. The molecule has 0 spiro atoms. The van der Waals surface area contributed by atoms with Crippen molar-refractivity contribution < 1.29 is 14.4 Å². The summed E-state index contributed by atoms with van der Waals surface area (Å²) >= 11 is 1.42. The predicted octanol–water partition coefficient (Wildman–Crippen LogP) is 1.59. The molecule has 0 bridgehead atoms. The largest absolute Gasteiger partial charge is 0.368 e. The highest BCUT2D eigenvalue weighted by atomic mass is 32.2. The molecule has 2 atom stereocenters. The number of fused-ring (bicyclic) bond motifs is 1. The summed E-state index contributed by atoms with van der Waals surface area (Å²) in [6.45, 7) is 4.84. The Morgan fingerprint density at radius 2 is 2.05 bits per heavy atom. The smallest absolute Gasteiger partial charge is 0.240 e. The quantitative estimate of drug-likeness (QED) is 0.858. The molecule has 1 heterocycles. The van der Waals surface area contributed by atoms with Crippen LogP contribution in [-0.2, 0) is 9.59 Å². The molecule has 0 aromatic heterocycles. The minimum atomic E-state index is -0.744.